The predicted octanol–water partition coefficient (Wildman–Crippen LogP) is 1.50. The van der Waals surface area contributed by atoms with Crippen molar-refractivity contribution in [2.75, 3.05) is 26.2 Å². The van der Waals surface area contributed by atoms with Gasteiger partial charge in [-0.1, -0.05) is 29.8 Å². The third-order valence-electron chi connectivity index (χ3n) is 5.10. The molecule has 0 amide bonds. The number of piperazine rings is 1. The van der Waals surface area contributed by atoms with Crippen LogP contribution in [-0.2, 0) is 6.54 Å². The second-order valence-corrected chi connectivity index (χ2v) is 8.62. The SMILES string of the molecule is C[C@@H](c1nnc(-c2ccccc2)o1)[NH+]1CC[NH+](Cc2ccc(Cl)s2)CC1. The zero-order valence-electron chi connectivity index (χ0n) is 14.7. The maximum Gasteiger partial charge on any atom is 0.274 e. The quantitative estimate of drug-likeness (QED) is 0.694. The Balaban J connectivity index is 1.35. The molecule has 2 N–H and O–H groups in total. The van der Waals surface area contributed by atoms with Crippen molar-refractivity contribution in [3.8, 4) is 11.5 Å². The van der Waals surface area contributed by atoms with Crippen molar-refractivity contribution in [1.82, 2.24) is 10.2 Å². The molecule has 1 atom stereocenters. The highest BCUT2D eigenvalue weighted by Gasteiger charge is 2.31. The van der Waals surface area contributed by atoms with Gasteiger partial charge in [-0.25, -0.2) is 0 Å². The zero-order chi connectivity index (χ0) is 17.9. The number of hydrogen-bond donors (Lipinski definition) is 2. The normalized spacial score (nSPS) is 21.6. The number of benzene rings is 1. The van der Waals surface area contributed by atoms with Gasteiger partial charge >= 0.3 is 0 Å². The van der Waals surface area contributed by atoms with E-state index in [-0.39, 0.29) is 6.04 Å². The van der Waals surface area contributed by atoms with E-state index in [0.717, 1.165) is 48.5 Å². The Hall–Kier alpha value is -1.73. The van der Waals surface area contributed by atoms with Gasteiger partial charge < -0.3 is 14.2 Å². The van der Waals surface area contributed by atoms with Crippen LogP contribution < -0.4 is 9.80 Å². The minimum absolute atomic E-state index is 0.220. The Kier molecular flexibility index (Phi) is 5.36. The minimum Gasteiger partial charge on any atom is -0.415 e. The molecule has 0 spiro atoms. The first-order valence-corrected chi connectivity index (χ1v) is 10.2. The summed E-state index contributed by atoms with van der Waals surface area (Å²) < 4.78 is 6.82. The fourth-order valence-electron chi connectivity index (χ4n) is 3.51. The average molecular weight is 391 g/mol. The monoisotopic (exact) mass is 390 g/mol. The first-order valence-electron chi connectivity index (χ1n) is 9.00. The van der Waals surface area contributed by atoms with Crippen LogP contribution in [0.25, 0.3) is 11.5 Å². The molecule has 0 aliphatic carbocycles. The molecule has 0 saturated carbocycles. The summed E-state index contributed by atoms with van der Waals surface area (Å²) in [5.74, 6) is 1.33. The summed E-state index contributed by atoms with van der Waals surface area (Å²) in [7, 11) is 0. The molecular formula is C19H23ClN4OS+2. The van der Waals surface area contributed by atoms with Crippen LogP contribution in [0.1, 0.15) is 23.7 Å². The summed E-state index contributed by atoms with van der Waals surface area (Å²) in [5, 5.41) is 8.53. The van der Waals surface area contributed by atoms with Gasteiger partial charge in [-0.2, -0.15) is 0 Å². The van der Waals surface area contributed by atoms with Crippen molar-refractivity contribution in [2.45, 2.75) is 19.5 Å². The molecule has 1 saturated heterocycles. The number of halogens is 1. The second-order valence-electron chi connectivity index (χ2n) is 6.82. The smallest absolute Gasteiger partial charge is 0.274 e. The first kappa shape index (κ1) is 17.7. The van der Waals surface area contributed by atoms with Gasteiger partial charge in [0.1, 0.15) is 32.7 Å². The van der Waals surface area contributed by atoms with Crippen LogP contribution in [0.3, 0.4) is 0 Å². The van der Waals surface area contributed by atoms with Gasteiger partial charge in [0, 0.05) is 5.56 Å². The highest BCUT2D eigenvalue weighted by atomic mass is 35.5. The third kappa shape index (κ3) is 3.99. The number of thiophene rings is 1. The predicted molar refractivity (Wildman–Crippen MR) is 103 cm³/mol. The van der Waals surface area contributed by atoms with Crippen LogP contribution in [0.15, 0.2) is 46.9 Å². The summed E-state index contributed by atoms with van der Waals surface area (Å²) >= 11 is 7.73. The highest BCUT2D eigenvalue weighted by Crippen LogP contribution is 2.21. The molecule has 3 heterocycles. The second kappa shape index (κ2) is 7.88. The van der Waals surface area contributed by atoms with Crippen LogP contribution in [0.2, 0.25) is 4.34 Å². The molecule has 5 nitrogen and oxygen atoms in total. The van der Waals surface area contributed by atoms with Crippen molar-refractivity contribution in [1.29, 1.82) is 0 Å². The fourth-order valence-corrected chi connectivity index (χ4v) is 4.67. The molecule has 0 bridgehead atoms. The number of hydrogen-bond acceptors (Lipinski definition) is 4. The molecule has 2 aromatic heterocycles. The summed E-state index contributed by atoms with van der Waals surface area (Å²) in [6.07, 6.45) is 0. The molecule has 4 rings (SSSR count). The number of aromatic nitrogens is 2. The minimum atomic E-state index is 0.220. The molecule has 1 aromatic carbocycles. The molecule has 3 aromatic rings. The van der Waals surface area contributed by atoms with Crippen molar-refractivity contribution >= 4 is 22.9 Å². The first-order chi connectivity index (χ1) is 12.7. The van der Waals surface area contributed by atoms with E-state index in [1.165, 1.54) is 9.78 Å². The number of quaternary nitrogens is 2. The zero-order valence-corrected chi connectivity index (χ0v) is 16.3. The van der Waals surface area contributed by atoms with Gasteiger partial charge in [-0.3, -0.25) is 0 Å². The number of nitrogens with zero attached hydrogens (tertiary/aromatic N) is 2. The van der Waals surface area contributed by atoms with E-state index in [2.05, 4.69) is 23.2 Å². The summed E-state index contributed by atoms with van der Waals surface area (Å²) in [4.78, 5) is 4.50. The number of rotatable bonds is 5. The maximum atomic E-state index is 6.04. The Morgan fingerprint density at radius 3 is 2.54 bits per heavy atom. The Labute approximate surface area is 162 Å². The van der Waals surface area contributed by atoms with Crippen molar-refractivity contribution in [2.24, 2.45) is 0 Å². The standard InChI is InChI=1S/C19H21ClN4OS/c1-14(18-21-22-19(25-18)15-5-3-2-4-6-15)24-11-9-23(10-12-24)13-16-7-8-17(20)26-16/h2-8,14H,9-13H2,1H3/p+2/t14-/m0/s1. The van der Waals surface area contributed by atoms with Crippen molar-refractivity contribution in [3.05, 3.63) is 57.6 Å². The van der Waals surface area contributed by atoms with Crippen molar-refractivity contribution in [3.63, 3.8) is 0 Å². The fraction of sp³-hybridized carbons (Fsp3) is 0.368. The lowest BCUT2D eigenvalue weighted by Crippen LogP contribution is -3.27. The van der Waals surface area contributed by atoms with Gasteiger partial charge in [-0.05, 0) is 31.2 Å². The largest absolute Gasteiger partial charge is 0.415 e. The van der Waals surface area contributed by atoms with Gasteiger partial charge in [0.25, 0.3) is 5.89 Å². The van der Waals surface area contributed by atoms with Crippen LogP contribution in [0.4, 0.5) is 0 Å². The molecule has 7 heteroatoms. The summed E-state index contributed by atoms with van der Waals surface area (Å²) in [5.41, 5.74) is 0.970. The maximum absolute atomic E-state index is 6.04. The van der Waals surface area contributed by atoms with E-state index in [1.54, 1.807) is 16.2 Å². The van der Waals surface area contributed by atoms with Crippen molar-refractivity contribution < 1.29 is 14.2 Å². The van der Waals surface area contributed by atoms with Gasteiger partial charge in [0.15, 0.2) is 6.04 Å². The summed E-state index contributed by atoms with van der Waals surface area (Å²) in [6, 6.07) is 14.3. The molecular weight excluding hydrogens is 368 g/mol. The summed E-state index contributed by atoms with van der Waals surface area (Å²) in [6.45, 7) is 7.76. The van der Waals surface area contributed by atoms with E-state index >= 15 is 0 Å². The Morgan fingerprint density at radius 1 is 1.08 bits per heavy atom. The van der Waals surface area contributed by atoms with Crippen LogP contribution in [-0.4, -0.2) is 36.4 Å². The van der Waals surface area contributed by atoms with E-state index in [9.17, 15) is 0 Å². The van der Waals surface area contributed by atoms with Gasteiger partial charge in [0.05, 0.1) is 9.21 Å². The van der Waals surface area contributed by atoms with Crippen LogP contribution in [0, 0.1) is 0 Å². The van der Waals surface area contributed by atoms with E-state index < -0.39 is 0 Å². The molecule has 1 fully saturated rings. The molecule has 0 radical (unpaired) electrons. The Bertz CT molecular complexity index is 842. The lowest BCUT2D eigenvalue weighted by atomic mass is 10.2. The molecule has 0 unspecified atom stereocenters. The number of nitrogens with one attached hydrogen (secondary N) is 2. The highest BCUT2D eigenvalue weighted by molar-refractivity contribution is 7.16. The molecule has 136 valence electrons. The van der Waals surface area contributed by atoms with Gasteiger partial charge in [0.2, 0.25) is 5.89 Å². The Morgan fingerprint density at radius 2 is 1.85 bits per heavy atom. The van der Waals surface area contributed by atoms with Gasteiger partial charge in [-0.15, -0.1) is 21.5 Å². The van der Waals surface area contributed by atoms with Crippen LogP contribution in [0.5, 0.6) is 0 Å². The van der Waals surface area contributed by atoms with E-state index in [1.807, 2.05) is 36.4 Å². The lowest BCUT2D eigenvalue weighted by Gasteiger charge is -2.31. The third-order valence-corrected chi connectivity index (χ3v) is 6.33. The van der Waals surface area contributed by atoms with E-state index in [4.69, 9.17) is 16.0 Å². The molecule has 1 aliphatic heterocycles. The molecule has 1 aliphatic rings. The lowest BCUT2D eigenvalue weighted by molar-refractivity contribution is -1.03. The topological polar surface area (TPSA) is 47.8 Å². The molecule has 26 heavy (non-hydrogen) atoms. The van der Waals surface area contributed by atoms with Crippen LogP contribution >= 0.6 is 22.9 Å². The van der Waals surface area contributed by atoms with E-state index in [0.29, 0.717) is 5.89 Å². The average Bonchev–Trinajstić information content (AvgIpc) is 3.32.